The molecule has 0 aromatic heterocycles. The van der Waals surface area contributed by atoms with Crippen LogP contribution >= 0.6 is 15.9 Å². The van der Waals surface area contributed by atoms with Crippen molar-refractivity contribution < 1.29 is 9.72 Å². The van der Waals surface area contributed by atoms with Gasteiger partial charge in [0.15, 0.2) is 0 Å². The van der Waals surface area contributed by atoms with Gasteiger partial charge in [-0.2, -0.15) is 0 Å². The molecule has 21 heavy (non-hydrogen) atoms. The SMILES string of the molecule is CCC1CCCC(NC(=O)c2ccc(Br)c([N+](=O)[O-])c2)C1. The summed E-state index contributed by atoms with van der Waals surface area (Å²) in [6.07, 6.45) is 5.48. The van der Waals surface area contributed by atoms with Crippen molar-refractivity contribution >= 4 is 27.5 Å². The topological polar surface area (TPSA) is 72.2 Å². The Bertz CT molecular complexity index is 548. The average molecular weight is 355 g/mol. The van der Waals surface area contributed by atoms with E-state index in [-0.39, 0.29) is 17.6 Å². The van der Waals surface area contributed by atoms with Gasteiger partial charge < -0.3 is 5.32 Å². The minimum Gasteiger partial charge on any atom is -0.349 e. The number of carbonyl (C=O) groups is 1. The molecule has 1 saturated carbocycles. The number of nitro groups is 1. The Kier molecular flexibility index (Phi) is 5.33. The van der Waals surface area contributed by atoms with Crippen molar-refractivity contribution in [2.45, 2.75) is 45.1 Å². The fraction of sp³-hybridized carbons (Fsp3) is 0.533. The number of rotatable bonds is 4. The van der Waals surface area contributed by atoms with Crippen molar-refractivity contribution in [1.82, 2.24) is 5.32 Å². The van der Waals surface area contributed by atoms with E-state index >= 15 is 0 Å². The summed E-state index contributed by atoms with van der Waals surface area (Å²) in [7, 11) is 0. The molecule has 0 spiro atoms. The first-order valence-corrected chi connectivity index (χ1v) is 8.05. The summed E-state index contributed by atoms with van der Waals surface area (Å²) >= 11 is 3.12. The maximum Gasteiger partial charge on any atom is 0.284 e. The molecule has 0 heterocycles. The number of nitrogens with one attached hydrogen (secondary N) is 1. The summed E-state index contributed by atoms with van der Waals surface area (Å²) in [5.74, 6) is 0.440. The summed E-state index contributed by atoms with van der Waals surface area (Å²) in [4.78, 5) is 22.7. The van der Waals surface area contributed by atoms with E-state index in [1.54, 1.807) is 12.1 Å². The molecule has 1 aliphatic rings. The minimum absolute atomic E-state index is 0.0854. The summed E-state index contributed by atoms with van der Waals surface area (Å²) < 4.78 is 0.382. The largest absolute Gasteiger partial charge is 0.349 e. The van der Waals surface area contributed by atoms with Crippen molar-refractivity contribution in [3.63, 3.8) is 0 Å². The third-order valence-corrected chi connectivity index (χ3v) is 4.77. The molecule has 5 nitrogen and oxygen atoms in total. The van der Waals surface area contributed by atoms with Crippen LogP contribution in [0.2, 0.25) is 0 Å². The molecule has 0 bridgehead atoms. The van der Waals surface area contributed by atoms with Gasteiger partial charge >= 0.3 is 0 Å². The zero-order valence-corrected chi connectivity index (χ0v) is 13.6. The molecular weight excluding hydrogens is 336 g/mol. The van der Waals surface area contributed by atoms with Crippen LogP contribution in [0.3, 0.4) is 0 Å². The van der Waals surface area contributed by atoms with E-state index in [1.807, 2.05) is 0 Å². The van der Waals surface area contributed by atoms with E-state index in [4.69, 9.17) is 0 Å². The number of hydrogen-bond donors (Lipinski definition) is 1. The van der Waals surface area contributed by atoms with Gasteiger partial charge in [0.05, 0.1) is 9.40 Å². The third kappa shape index (κ3) is 4.03. The molecule has 2 atom stereocenters. The van der Waals surface area contributed by atoms with Gasteiger partial charge in [0.1, 0.15) is 0 Å². The molecule has 2 unspecified atom stereocenters. The Morgan fingerprint density at radius 1 is 1.48 bits per heavy atom. The summed E-state index contributed by atoms with van der Waals surface area (Å²) in [6, 6.07) is 4.65. The van der Waals surface area contributed by atoms with E-state index in [0.29, 0.717) is 16.0 Å². The van der Waals surface area contributed by atoms with Crippen LogP contribution in [0.5, 0.6) is 0 Å². The first-order valence-electron chi connectivity index (χ1n) is 7.26. The second kappa shape index (κ2) is 7.02. The van der Waals surface area contributed by atoms with Crippen molar-refractivity contribution in [1.29, 1.82) is 0 Å². The molecule has 6 heteroatoms. The zero-order chi connectivity index (χ0) is 15.4. The van der Waals surface area contributed by atoms with Crippen LogP contribution in [0.25, 0.3) is 0 Å². The minimum atomic E-state index is -0.491. The number of amides is 1. The van der Waals surface area contributed by atoms with Crippen molar-refractivity contribution in [3.8, 4) is 0 Å². The lowest BCUT2D eigenvalue weighted by Gasteiger charge is -2.29. The standard InChI is InChI=1S/C15H19BrN2O3/c1-2-10-4-3-5-12(8-10)17-15(19)11-6-7-13(16)14(9-11)18(20)21/h6-7,9-10,12H,2-5,8H2,1H3,(H,17,19). The smallest absolute Gasteiger partial charge is 0.284 e. The normalized spacial score (nSPS) is 21.8. The lowest BCUT2D eigenvalue weighted by Crippen LogP contribution is -2.38. The molecule has 1 aromatic rings. The second-order valence-corrected chi connectivity index (χ2v) is 6.39. The Hall–Kier alpha value is -1.43. The lowest BCUT2D eigenvalue weighted by molar-refractivity contribution is -0.385. The van der Waals surface area contributed by atoms with Gasteiger partial charge in [0.2, 0.25) is 0 Å². The van der Waals surface area contributed by atoms with Crippen molar-refractivity contribution in [3.05, 3.63) is 38.3 Å². The number of hydrogen-bond acceptors (Lipinski definition) is 3. The number of carbonyl (C=O) groups excluding carboxylic acids is 1. The van der Waals surface area contributed by atoms with Crippen molar-refractivity contribution in [2.75, 3.05) is 0 Å². The zero-order valence-electron chi connectivity index (χ0n) is 12.0. The molecule has 1 N–H and O–H groups in total. The predicted molar refractivity (Wildman–Crippen MR) is 84.3 cm³/mol. The Morgan fingerprint density at radius 3 is 2.90 bits per heavy atom. The van der Waals surface area contributed by atoms with E-state index in [0.717, 1.165) is 25.7 Å². The van der Waals surface area contributed by atoms with Gasteiger partial charge in [0.25, 0.3) is 11.6 Å². The fourth-order valence-corrected chi connectivity index (χ4v) is 3.25. The van der Waals surface area contributed by atoms with Crippen LogP contribution in [-0.2, 0) is 0 Å². The van der Waals surface area contributed by atoms with Crippen LogP contribution in [0, 0.1) is 16.0 Å². The summed E-state index contributed by atoms with van der Waals surface area (Å²) in [6.45, 7) is 2.17. The van der Waals surface area contributed by atoms with Gasteiger partial charge in [-0.15, -0.1) is 0 Å². The molecule has 0 radical (unpaired) electrons. The van der Waals surface area contributed by atoms with Gasteiger partial charge in [-0.05, 0) is 46.8 Å². The number of halogens is 1. The Balaban J connectivity index is 2.06. The molecular formula is C15H19BrN2O3. The quantitative estimate of drug-likeness (QED) is 0.654. The number of benzene rings is 1. The number of nitro benzene ring substituents is 1. The predicted octanol–water partition coefficient (Wildman–Crippen LogP) is 4.06. The number of nitrogens with zero attached hydrogens (tertiary/aromatic N) is 1. The summed E-state index contributed by atoms with van der Waals surface area (Å²) in [5, 5.41) is 13.9. The van der Waals surface area contributed by atoms with E-state index in [2.05, 4.69) is 28.2 Å². The maximum atomic E-state index is 12.2. The highest BCUT2D eigenvalue weighted by Crippen LogP contribution is 2.28. The van der Waals surface area contributed by atoms with Crippen LogP contribution < -0.4 is 5.32 Å². The molecule has 1 aromatic carbocycles. The fourth-order valence-electron chi connectivity index (χ4n) is 2.86. The summed E-state index contributed by atoms with van der Waals surface area (Å²) in [5.41, 5.74) is 0.251. The molecule has 1 fully saturated rings. The second-order valence-electron chi connectivity index (χ2n) is 5.53. The van der Waals surface area contributed by atoms with E-state index in [1.165, 1.54) is 12.5 Å². The first-order chi connectivity index (χ1) is 10.0. The van der Waals surface area contributed by atoms with E-state index < -0.39 is 4.92 Å². The van der Waals surface area contributed by atoms with Gasteiger partial charge in [-0.3, -0.25) is 14.9 Å². The van der Waals surface area contributed by atoms with Crippen LogP contribution in [0.1, 0.15) is 49.4 Å². The lowest BCUT2D eigenvalue weighted by atomic mass is 9.84. The highest BCUT2D eigenvalue weighted by Gasteiger charge is 2.23. The molecule has 0 aliphatic heterocycles. The van der Waals surface area contributed by atoms with Crippen LogP contribution in [0.15, 0.2) is 22.7 Å². The Morgan fingerprint density at radius 2 is 2.24 bits per heavy atom. The van der Waals surface area contributed by atoms with Crippen LogP contribution in [-0.4, -0.2) is 16.9 Å². The van der Waals surface area contributed by atoms with Crippen LogP contribution in [0.4, 0.5) is 5.69 Å². The molecule has 0 saturated heterocycles. The average Bonchev–Trinajstić information content (AvgIpc) is 2.47. The monoisotopic (exact) mass is 354 g/mol. The molecule has 1 aliphatic carbocycles. The van der Waals surface area contributed by atoms with Gasteiger partial charge in [-0.25, -0.2) is 0 Å². The first kappa shape index (κ1) is 15.9. The highest BCUT2D eigenvalue weighted by molar-refractivity contribution is 9.10. The molecule has 114 valence electrons. The van der Waals surface area contributed by atoms with Crippen molar-refractivity contribution in [2.24, 2.45) is 5.92 Å². The van der Waals surface area contributed by atoms with E-state index in [9.17, 15) is 14.9 Å². The maximum absolute atomic E-state index is 12.2. The van der Waals surface area contributed by atoms with Gasteiger partial charge in [0, 0.05) is 17.7 Å². The molecule has 1 amide bonds. The molecule has 2 rings (SSSR count). The highest BCUT2D eigenvalue weighted by atomic mass is 79.9. The van der Waals surface area contributed by atoms with Gasteiger partial charge in [-0.1, -0.05) is 26.2 Å². The third-order valence-electron chi connectivity index (χ3n) is 4.10. The Labute approximate surface area is 132 Å².